The third-order valence-electron chi connectivity index (χ3n) is 4.97. The van der Waals surface area contributed by atoms with Gasteiger partial charge in [-0.25, -0.2) is 0 Å². The molecule has 0 atom stereocenters. The molecule has 7 heteroatoms. The second-order valence-corrected chi connectivity index (χ2v) is 7.33. The van der Waals surface area contributed by atoms with Crippen LogP contribution in [0.2, 0.25) is 0 Å². The topological polar surface area (TPSA) is 78.1 Å². The lowest BCUT2D eigenvalue weighted by molar-refractivity contribution is 0.0949. The lowest BCUT2D eigenvalue weighted by atomic mass is 10.1. The Kier molecular flexibility index (Phi) is 14.2. The highest BCUT2D eigenvalue weighted by atomic mass is 16.5. The molecule has 0 bridgehead atoms. The van der Waals surface area contributed by atoms with E-state index in [0.717, 1.165) is 43.0 Å². The summed E-state index contributed by atoms with van der Waals surface area (Å²) >= 11 is 0. The van der Waals surface area contributed by atoms with Crippen LogP contribution in [0.1, 0.15) is 55.5 Å². The Morgan fingerprint density at radius 2 is 1.33 bits per heavy atom. The highest BCUT2D eigenvalue weighted by Gasteiger charge is 2.15. The molecule has 1 amide bonds. The van der Waals surface area contributed by atoms with Gasteiger partial charge in [0.1, 0.15) is 0 Å². The maximum absolute atomic E-state index is 11.9. The minimum atomic E-state index is -0.130. The van der Waals surface area contributed by atoms with Gasteiger partial charge < -0.3 is 29.6 Å². The van der Waals surface area contributed by atoms with E-state index in [9.17, 15) is 4.79 Å². The number of unbranched alkanes of at least 4 members (excludes halogenated alkanes) is 2. The predicted octanol–water partition coefficient (Wildman–Crippen LogP) is 4.83. The van der Waals surface area contributed by atoms with Crippen molar-refractivity contribution in [3.8, 4) is 23.0 Å². The molecule has 0 aliphatic rings. The van der Waals surface area contributed by atoms with E-state index in [1.807, 2.05) is 12.1 Å². The number of carbonyl (C=O) groups is 1. The van der Waals surface area contributed by atoms with Gasteiger partial charge in [0.05, 0.1) is 34.0 Å². The standard InChI is InChI=1S/C13H19NO3.C13H21NO2/c1-4-5-9-14-13(15)10-7-6-8-11(16-2)12(10)17-3;1-4-5-9-14-10-11-7-6-8-12(15-2)13(11)16-3/h6-8H,4-5,9H2,1-3H3,(H,14,15);6-8,14H,4-5,9-10H2,1-3H3. The van der Waals surface area contributed by atoms with Crippen LogP contribution in [0.3, 0.4) is 0 Å². The van der Waals surface area contributed by atoms with Gasteiger partial charge in [-0.15, -0.1) is 0 Å². The molecule has 0 aliphatic carbocycles. The van der Waals surface area contributed by atoms with Crippen LogP contribution in [0, 0.1) is 0 Å². The molecule has 0 aliphatic heterocycles. The van der Waals surface area contributed by atoms with Crippen molar-refractivity contribution in [2.24, 2.45) is 0 Å². The molecule has 0 saturated carbocycles. The first-order valence-corrected chi connectivity index (χ1v) is 11.5. The van der Waals surface area contributed by atoms with Gasteiger partial charge >= 0.3 is 0 Å². The van der Waals surface area contributed by atoms with Crippen LogP contribution in [-0.2, 0) is 6.54 Å². The second-order valence-electron chi connectivity index (χ2n) is 7.33. The highest BCUT2D eigenvalue weighted by Crippen LogP contribution is 2.31. The zero-order valence-electron chi connectivity index (χ0n) is 21.0. The van der Waals surface area contributed by atoms with Crippen molar-refractivity contribution in [2.75, 3.05) is 41.5 Å². The number of rotatable bonds is 13. The van der Waals surface area contributed by atoms with Gasteiger partial charge in [0, 0.05) is 18.7 Å². The van der Waals surface area contributed by atoms with E-state index in [0.29, 0.717) is 23.6 Å². The van der Waals surface area contributed by atoms with E-state index in [-0.39, 0.29) is 5.91 Å². The average Bonchev–Trinajstić information content (AvgIpc) is 2.86. The molecule has 0 radical (unpaired) electrons. The molecule has 2 rings (SSSR count). The molecule has 2 aromatic carbocycles. The summed E-state index contributed by atoms with van der Waals surface area (Å²) in [6.45, 7) is 6.80. The van der Waals surface area contributed by atoms with Crippen LogP contribution in [0.25, 0.3) is 0 Å². The molecule has 7 nitrogen and oxygen atoms in total. The first-order valence-electron chi connectivity index (χ1n) is 11.5. The Bertz CT molecular complexity index is 826. The summed E-state index contributed by atoms with van der Waals surface area (Å²) in [6, 6.07) is 11.2. The van der Waals surface area contributed by atoms with E-state index in [2.05, 4.69) is 30.5 Å². The maximum Gasteiger partial charge on any atom is 0.255 e. The number of hydrogen-bond donors (Lipinski definition) is 2. The van der Waals surface area contributed by atoms with Crippen molar-refractivity contribution in [1.82, 2.24) is 10.6 Å². The van der Waals surface area contributed by atoms with Gasteiger partial charge in [0.15, 0.2) is 23.0 Å². The lowest BCUT2D eigenvalue weighted by Gasteiger charge is -2.12. The van der Waals surface area contributed by atoms with Gasteiger partial charge in [0.2, 0.25) is 0 Å². The summed E-state index contributed by atoms with van der Waals surface area (Å²) in [6.07, 6.45) is 4.43. The first-order chi connectivity index (χ1) is 16.1. The number of hydrogen-bond acceptors (Lipinski definition) is 6. The average molecular weight is 461 g/mol. The van der Waals surface area contributed by atoms with Crippen molar-refractivity contribution >= 4 is 5.91 Å². The Morgan fingerprint density at radius 1 is 0.758 bits per heavy atom. The minimum Gasteiger partial charge on any atom is -0.493 e. The molecule has 0 fully saturated rings. The Balaban J connectivity index is 0.000000331. The zero-order valence-corrected chi connectivity index (χ0v) is 21.0. The van der Waals surface area contributed by atoms with Gasteiger partial charge in [0.25, 0.3) is 5.91 Å². The van der Waals surface area contributed by atoms with E-state index in [1.165, 1.54) is 20.0 Å². The molecule has 0 aromatic heterocycles. The number of amides is 1. The number of nitrogens with one attached hydrogen (secondary N) is 2. The molecule has 0 unspecified atom stereocenters. The molecule has 0 heterocycles. The molecule has 2 aromatic rings. The zero-order chi connectivity index (χ0) is 24.5. The van der Waals surface area contributed by atoms with Crippen LogP contribution in [0.15, 0.2) is 36.4 Å². The summed E-state index contributed by atoms with van der Waals surface area (Å²) in [4.78, 5) is 11.9. The largest absolute Gasteiger partial charge is 0.493 e. The SMILES string of the molecule is CCCCNC(=O)c1cccc(OC)c1OC.CCCCNCc1cccc(OC)c1OC. The molecule has 33 heavy (non-hydrogen) atoms. The number of carbonyl (C=O) groups excluding carboxylic acids is 1. The second kappa shape index (κ2) is 16.7. The normalized spacial score (nSPS) is 10.0. The monoisotopic (exact) mass is 460 g/mol. The van der Waals surface area contributed by atoms with Crippen LogP contribution in [0.4, 0.5) is 0 Å². The van der Waals surface area contributed by atoms with Gasteiger partial charge in [-0.2, -0.15) is 0 Å². The van der Waals surface area contributed by atoms with Crippen molar-refractivity contribution in [2.45, 2.75) is 46.1 Å². The maximum atomic E-state index is 11.9. The van der Waals surface area contributed by atoms with Crippen LogP contribution < -0.4 is 29.6 Å². The number of methoxy groups -OCH3 is 4. The summed E-state index contributed by atoms with van der Waals surface area (Å²) in [5.74, 6) is 2.53. The van der Waals surface area contributed by atoms with Gasteiger partial charge in [-0.1, -0.05) is 44.9 Å². The highest BCUT2D eigenvalue weighted by molar-refractivity contribution is 5.97. The summed E-state index contributed by atoms with van der Waals surface area (Å²) < 4.78 is 21.0. The van der Waals surface area contributed by atoms with Gasteiger partial charge in [-0.05, 0) is 37.6 Å². The third kappa shape index (κ3) is 9.22. The minimum absolute atomic E-state index is 0.130. The van der Waals surface area contributed by atoms with E-state index in [1.54, 1.807) is 39.5 Å². The molecule has 0 saturated heterocycles. The van der Waals surface area contributed by atoms with Crippen LogP contribution in [-0.4, -0.2) is 47.4 Å². The predicted molar refractivity (Wildman–Crippen MR) is 133 cm³/mol. The molecule has 2 N–H and O–H groups in total. The van der Waals surface area contributed by atoms with Crippen molar-refractivity contribution in [1.29, 1.82) is 0 Å². The van der Waals surface area contributed by atoms with E-state index < -0.39 is 0 Å². The van der Waals surface area contributed by atoms with E-state index >= 15 is 0 Å². The van der Waals surface area contributed by atoms with E-state index in [4.69, 9.17) is 18.9 Å². The van der Waals surface area contributed by atoms with Crippen molar-refractivity contribution in [3.63, 3.8) is 0 Å². The molecule has 184 valence electrons. The lowest BCUT2D eigenvalue weighted by Crippen LogP contribution is -2.24. The van der Waals surface area contributed by atoms with Crippen molar-refractivity contribution in [3.05, 3.63) is 47.5 Å². The fraction of sp³-hybridized carbons (Fsp3) is 0.500. The fourth-order valence-corrected chi connectivity index (χ4v) is 3.16. The van der Waals surface area contributed by atoms with Crippen molar-refractivity contribution < 1.29 is 23.7 Å². The van der Waals surface area contributed by atoms with Crippen LogP contribution >= 0.6 is 0 Å². The summed E-state index contributed by atoms with van der Waals surface area (Å²) in [5.41, 5.74) is 1.64. The smallest absolute Gasteiger partial charge is 0.255 e. The number of benzene rings is 2. The quantitative estimate of drug-likeness (QED) is 0.417. The molecule has 0 spiro atoms. The third-order valence-corrected chi connectivity index (χ3v) is 4.97. The first kappa shape index (κ1) is 28.1. The fourth-order valence-electron chi connectivity index (χ4n) is 3.16. The van der Waals surface area contributed by atoms with Crippen LogP contribution in [0.5, 0.6) is 23.0 Å². The summed E-state index contributed by atoms with van der Waals surface area (Å²) in [7, 11) is 6.41. The molecular formula is C26H40N2O5. The molecular weight excluding hydrogens is 420 g/mol. The Morgan fingerprint density at radius 3 is 1.91 bits per heavy atom. The summed E-state index contributed by atoms with van der Waals surface area (Å²) in [5, 5.41) is 6.24. The Hall–Kier alpha value is -2.93. The Labute approximate surface area is 198 Å². The number of ether oxygens (including phenoxy) is 4. The number of para-hydroxylation sites is 2. The van der Waals surface area contributed by atoms with Gasteiger partial charge in [-0.3, -0.25) is 4.79 Å².